The van der Waals surface area contributed by atoms with Crippen LogP contribution < -0.4 is 11.1 Å². The molecule has 0 aliphatic heterocycles. The van der Waals surface area contributed by atoms with Crippen LogP contribution in [-0.2, 0) is 12.7 Å². The van der Waals surface area contributed by atoms with E-state index in [4.69, 9.17) is 5.73 Å². The summed E-state index contributed by atoms with van der Waals surface area (Å²) in [5, 5.41) is 2.75. The first-order valence-corrected chi connectivity index (χ1v) is 5.99. The number of aromatic nitrogens is 1. The third-order valence-electron chi connectivity index (χ3n) is 2.75. The van der Waals surface area contributed by atoms with Gasteiger partial charge < -0.3 is 11.1 Å². The molecule has 0 saturated heterocycles. The van der Waals surface area contributed by atoms with Gasteiger partial charge in [-0.05, 0) is 37.3 Å². The van der Waals surface area contributed by atoms with Gasteiger partial charge in [0.2, 0.25) is 0 Å². The van der Waals surface area contributed by atoms with E-state index < -0.39 is 11.7 Å². The molecular weight excluding hydrogens is 267 g/mol. The smallest absolute Gasteiger partial charge is 0.399 e. The molecule has 0 bridgehead atoms. The number of hydrogen-bond acceptors (Lipinski definition) is 3. The third kappa shape index (κ3) is 3.40. The van der Waals surface area contributed by atoms with Gasteiger partial charge in [-0.3, -0.25) is 4.98 Å². The number of nitrogen functional groups attached to an aromatic ring is 1. The number of anilines is 2. The first-order chi connectivity index (χ1) is 9.36. The fourth-order valence-electron chi connectivity index (χ4n) is 1.83. The van der Waals surface area contributed by atoms with E-state index in [-0.39, 0.29) is 17.9 Å². The normalized spacial score (nSPS) is 11.4. The summed E-state index contributed by atoms with van der Waals surface area (Å²) in [5.41, 5.74) is 6.21. The molecule has 0 radical (unpaired) electrons. The first-order valence-electron chi connectivity index (χ1n) is 5.99. The Bertz CT molecular complexity index is 609. The van der Waals surface area contributed by atoms with Crippen molar-refractivity contribution in [2.75, 3.05) is 11.1 Å². The Kier molecular flexibility index (Phi) is 3.83. The summed E-state index contributed by atoms with van der Waals surface area (Å²) < 4.78 is 38.7. The van der Waals surface area contributed by atoms with E-state index in [9.17, 15) is 13.2 Å². The van der Waals surface area contributed by atoms with Crippen molar-refractivity contribution in [1.82, 2.24) is 4.98 Å². The van der Waals surface area contributed by atoms with Crippen LogP contribution in [0.25, 0.3) is 0 Å². The molecule has 0 unspecified atom stereocenters. The lowest BCUT2D eigenvalue weighted by Gasteiger charge is -2.15. The van der Waals surface area contributed by atoms with Crippen LogP contribution in [0.5, 0.6) is 0 Å². The van der Waals surface area contributed by atoms with Gasteiger partial charge in [-0.15, -0.1) is 0 Å². The molecule has 0 aliphatic carbocycles. The number of halogens is 3. The van der Waals surface area contributed by atoms with E-state index in [0.29, 0.717) is 5.69 Å². The molecule has 0 atom stereocenters. The van der Waals surface area contributed by atoms with Gasteiger partial charge >= 0.3 is 6.18 Å². The molecule has 106 valence electrons. The molecule has 20 heavy (non-hydrogen) atoms. The Labute approximate surface area is 114 Å². The predicted octanol–water partition coefficient (Wildman–Crippen LogP) is 3.60. The standard InChI is InChI=1S/C14H14F3N3/c1-9-3-2-4-11(20-9)8-19-13-6-5-10(18)7-12(13)14(15,16)17/h2-7,19H,8,18H2,1H3. The Morgan fingerprint density at radius 1 is 1.20 bits per heavy atom. The molecule has 0 spiro atoms. The van der Waals surface area contributed by atoms with Crippen LogP contribution in [0.4, 0.5) is 24.5 Å². The second-order valence-electron chi connectivity index (χ2n) is 4.43. The zero-order valence-corrected chi connectivity index (χ0v) is 10.8. The highest BCUT2D eigenvalue weighted by Crippen LogP contribution is 2.36. The fraction of sp³-hybridized carbons (Fsp3) is 0.214. The van der Waals surface area contributed by atoms with Crippen molar-refractivity contribution in [3.63, 3.8) is 0 Å². The van der Waals surface area contributed by atoms with Gasteiger partial charge in [-0.25, -0.2) is 0 Å². The SMILES string of the molecule is Cc1cccc(CNc2ccc(N)cc2C(F)(F)F)n1. The maximum atomic E-state index is 12.9. The number of rotatable bonds is 3. The zero-order valence-electron chi connectivity index (χ0n) is 10.8. The molecule has 0 aliphatic rings. The van der Waals surface area contributed by atoms with Gasteiger partial charge in [-0.2, -0.15) is 13.2 Å². The lowest BCUT2D eigenvalue weighted by molar-refractivity contribution is -0.136. The molecule has 3 nitrogen and oxygen atoms in total. The second-order valence-corrected chi connectivity index (χ2v) is 4.43. The summed E-state index contributed by atoms with van der Waals surface area (Å²) in [6, 6.07) is 9.08. The maximum Gasteiger partial charge on any atom is 0.418 e. The predicted molar refractivity (Wildman–Crippen MR) is 72.2 cm³/mol. The minimum absolute atomic E-state index is 0.00462. The summed E-state index contributed by atoms with van der Waals surface area (Å²) >= 11 is 0. The van der Waals surface area contributed by atoms with Crippen LogP contribution in [0.2, 0.25) is 0 Å². The van der Waals surface area contributed by atoms with Gasteiger partial charge in [0, 0.05) is 17.1 Å². The largest absolute Gasteiger partial charge is 0.418 e. The molecule has 3 N–H and O–H groups in total. The summed E-state index contributed by atoms with van der Waals surface area (Å²) in [5.74, 6) is 0. The Morgan fingerprint density at radius 3 is 2.60 bits per heavy atom. The van der Waals surface area contributed by atoms with Crippen molar-refractivity contribution in [2.24, 2.45) is 0 Å². The number of alkyl halides is 3. The van der Waals surface area contributed by atoms with E-state index in [1.54, 1.807) is 6.07 Å². The number of nitrogens with zero attached hydrogens (tertiary/aromatic N) is 1. The van der Waals surface area contributed by atoms with Crippen molar-refractivity contribution in [1.29, 1.82) is 0 Å². The Morgan fingerprint density at radius 2 is 1.95 bits per heavy atom. The molecule has 1 heterocycles. The maximum absolute atomic E-state index is 12.9. The van der Waals surface area contributed by atoms with Crippen LogP contribution in [0.3, 0.4) is 0 Å². The Balaban J connectivity index is 2.21. The van der Waals surface area contributed by atoms with E-state index in [1.165, 1.54) is 12.1 Å². The molecule has 1 aromatic heterocycles. The minimum Gasteiger partial charge on any atom is -0.399 e. The summed E-state index contributed by atoms with van der Waals surface area (Å²) in [4.78, 5) is 4.23. The number of nitrogens with one attached hydrogen (secondary N) is 1. The van der Waals surface area contributed by atoms with E-state index in [2.05, 4.69) is 10.3 Å². The fourth-order valence-corrected chi connectivity index (χ4v) is 1.83. The van der Waals surface area contributed by atoms with Gasteiger partial charge in [0.1, 0.15) is 0 Å². The van der Waals surface area contributed by atoms with Gasteiger partial charge in [-0.1, -0.05) is 6.07 Å². The monoisotopic (exact) mass is 281 g/mol. The van der Waals surface area contributed by atoms with Crippen LogP contribution in [0, 0.1) is 6.92 Å². The third-order valence-corrected chi connectivity index (χ3v) is 2.75. The number of benzene rings is 1. The van der Waals surface area contributed by atoms with Gasteiger partial charge in [0.15, 0.2) is 0 Å². The highest BCUT2D eigenvalue weighted by atomic mass is 19.4. The van der Waals surface area contributed by atoms with Crippen molar-refractivity contribution in [3.05, 3.63) is 53.3 Å². The minimum atomic E-state index is -4.45. The summed E-state index contributed by atoms with van der Waals surface area (Å²) in [7, 11) is 0. The lowest BCUT2D eigenvalue weighted by Crippen LogP contribution is -2.12. The summed E-state index contributed by atoms with van der Waals surface area (Å²) in [6.45, 7) is 2.04. The van der Waals surface area contributed by atoms with Crippen LogP contribution in [-0.4, -0.2) is 4.98 Å². The van der Waals surface area contributed by atoms with Crippen LogP contribution in [0.1, 0.15) is 17.0 Å². The molecular formula is C14H14F3N3. The number of aryl methyl sites for hydroxylation is 1. The van der Waals surface area contributed by atoms with E-state index in [0.717, 1.165) is 11.8 Å². The molecule has 0 amide bonds. The second kappa shape index (κ2) is 5.40. The molecule has 0 saturated carbocycles. The first kappa shape index (κ1) is 14.2. The van der Waals surface area contributed by atoms with E-state index >= 15 is 0 Å². The number of nitrogens with two attached hydrogens (primary N) is 1. The number of pyridine rings is 1. The van der Waals surface area contributed by atoms with Crippen LogP contribution >= 0.6 is 0 Å². The zero-order chi connectivity index (χ0) is 14.8. The Hall–Kier alpha value is -2.24. The van der Waals surface area contributed by atoms with Gasteiger partial charge in [0.25, 0.3) is 0 Å². The highest BCUT2D eigenvalue weighted by molar-refractivity contribution is 5.59. The van der Waals surface area contributed by atoms with Crippen LogP contribution in [0.15, 0.2) is 36.4 Å². The van der Waals surface area contributed by atoms with Gasteiger partial charge in [0.05, 0.1) is 17.8 Å². The van der Waals surface area contributed by atoms with Crippen molar-refractivity contribution in [2.45, 2.75) is 19.6 Å². The van der Waals surface area contributed by atoms with Crippen molar-refractivity contribution >= 4 is 11.4 Å². The molecule has 1 aromatic carbocycles. The molecule has 6 heteroatoms. The van der Waals surface area contributed by atoms with Crippen molar-refractivity contribution < 1.29 is 13.2 Å². The topological polar surface area (TPSA) is 50.9 Å². The average molecular weight is 281 g/mol. The lowest BCUT2D eigenvalue weighted by atomic mass is 10.1. The molecule has 2 rings (SSSR count). The highest BCUT2D eigenvalue weighted by Gasteiger charge is 2.33. The molecule has 0 fully saturated rings. The van der Waals surface area contributed by atoms with Crippen molar-refractivity contribution in [3.8, 4) is 0 Å². The number of hydrogen-bond donors (Lipinski definition) is 2. The van der Waals surface area contributed by atoms with E-state index in [1.807, 2.05) is 19.1 Å². The quantitative estimate of drug-likeness (QED) is 0.845. The molecule has 2 aromatic rings. The summed E-state index contributed by atoms with van der Waals surface area (Å²) in [6.07, 6.45) is -4.45. The average Bonchev–Trinajstić information content (AvgIpc) is 2.36.